The van der Waals surface area contributed by atoms with Gasteiger partial charge < -0.3 is 28.4 Å². The molecule has 5 aliphatic rings. The maximum Gasteiger partial charge on any atom is 0.333 e. The Kier molecular flexibility index (Phi) is 6.69. The van der Waals surface area contributed by atoms with Gasteiger partial charge >= 0.3 is 23.9 Å². The number of ether oxygens (including phenoxy) is 6. The molecule has 0 aromatic rings. The summed E-state index contributed by atoms with van der Waals surface area (Å²) in [4.78, 5) is 50.6. The molecule has 5 fully saturated rings. The molecule has 0 bridgehead atoms. The average molecular weight is 549 g/mol. The zero-order valence-corrected chi connectivity index (χ0v) is 23.8. The second kappa shape index (κ2) is 9.29. The number of hydrogen-bond donors (Lipinski definition) is 0. The zero-order valence-electron chi connectivity index (χ0n) is 23.8. The summed E-state index contributed by atoms with van der Waals surface area (Å²) in [5, 5.41) is 0. The van der Waals surface area contributed by atoms with Crippen LogP contribution in [0.15, 0.2) is 11.6 Å². The molecule has 0 N–H and O–H groups in total. The van der Waals surface area contributed by atoms with E-state index in [1.807, 2.05) is 6.92 Å². The molecule has 3 heterocycles. The highest BCUT2D eigenvalue weighted by Crippen LogP contribution is 2.72. The standard InChI is InChI=1S/C29H40O10/c1-7-17(2)24(33)38-23-22(37-19(4)31)26(6)25(5,11-12-27(39-26)13-21(32)35-14-27)20-9-8-10-28(15-36-28)29(20,23)16-34-18(3)30/h7,20,22-23H,8-16H2,1-6H3. The summed E-state index contributed by atoms with van der Waals surface area (Å²) in [7, 11) is 0. The minimum absolute atomic E-state index is 0.0456. The summed E-state index contributed by atoms with van der Waals surface area (Å²) < 4.78 is 36.7. The Morgan fingerprint density at radius 3 is 2.28 bits per heavy atom. The van der Waals surface area contributed by atoms with Gasteiger partial charge in [0, 0.05) is 24.8 Å². The largest absolute Gasteiger partial charge is 0.465 e. The predicted molar refractivity (Wildman–Crippen MR) is 135 cm³/mol. The van der Waals surface area contributed by atoms with Crippen LogP contribution in [-0.4, -0.2) is 72.7 Å². The van der Waals surface area contributed by atoms with Crippen LogP contribution in [0.4, 0.5) is 0 Å². The Balaban J connectivity index is 1.72. The van der Waals surface area contributed by atoms with Crippen molar-refractivity contribution < 1.29 is 47.6 Å². The molecule has 10 heteroatoms. The molecular formula is C29H40O10. The Hall–Kier alpha value is -2.46. The van der Waals surface area contributed by atoms with Crippen molar-refractivity contribution in [3.8, 4) is 0 Å². The number of fused-ring (bicyclic) bond motifs is 4. The Labute approximate surface area is 229 Å². The van der Waals surface area contributed by atoms with E-state index >= 15 is 0 Å². The number of epoxide rings is 1. The number of allylic oxidation sites excluding steroid dienone is 1. The van der Waals surface area contributed by atoms with Crippen molar-refractivity contribution in [3.63, 3.8) is 0 Å². The third-order valence-electron chi connectivity index (χ3n) is 10.6. The molecule has 2 spiro atoms. The van der Waals surface area contributed by atoms with E-state index in [1.165, 1.54) is 13.8 Å². The molecule has 0 amide bonds. The molecule has 5 rings (SSSR count). The smallest absolute Gasteiger partial charge is 0.333 e. The van der Waals surface area contributed by atoms with E-state index in [-0.39, 0.29) is 31.5 Å². The molecule has 39 heavy (non-hydrogen) atoms. The van der Waals surface area contributed by atoms with Gasteiger partial charge in [-0.05, 0) is 52.4 Å². The van der Waals surface area contributed by atoms with Gasteiger partial charge in [0.05, 0.1) is 18.4 Å². The quantitative estimate of drug-likeness (QED) is 0.219. The lowest BCUT2D eigenvalue weighted by Gasteiger charge is -2.70. The first-order chi connectivity index (χ1) is 18.3. The molecule has 0 radical (unpaired) electrons. The lowest BCUT2D eigenvalue weighted by molar-refractivity contribution is -0.361. The first-order valence-corrected chi connectivity index (χ1v) is 13.9. The minimum Gasteiger partial charge on any atom is -0.465 e. The van der Waals surface area contributed by atoms with Crippen molar-refractivity contribution in [1.29, 1.82) is 0 Å². The van der Waals surface area contributed by atoms with Crippen molar-refractivity contribution in [2.24, 2.45) is 16.7 Å². The van der Waals surface area contributed by atoms with E-state index < -0.39 is 57.7 Å². The van der Waals surface area contributed by atoms with Gasteiger partial charge in [-0.3, -0.25) is 14.4 Å². The first kappa shape index (κ1) is 28.1. The highest BCUT2D eigenvalue weighted by atomic mass is 16.6. The molecule has 2 saturated carbocycles. The molecule has 8 unspecified atom stereocenters. The van der Waals surface area contributed by atoms with Crippen LogP contribution in [0.1, 0.15) is 80.1 Å². The lowest BCUT2D eigenvalue weighted by atomic mass is 9.40. The fourth-order valence-electron chi connectivity index (χ4n) is 8.24. The van der Waals surface area contributed by atoms with Crippen LogP contribution in [0.5, 0.6) is 0 Å². The van der Waals surface area contributed by atoms with Crippen molar-refractivity contribution in [3.05, 3.63) is 11.6 Å². The lowest BCUT2D eigenvalue weighted by Crippen LogP contribution is -2.80. The van der Waals surface area contributed by atoms with Crippen LogP contribution in [0.3, 0.4) is 0 Å². The number of hydrogen-bond acceptors (Lipinski definition) is 10. The van der Waals surface area contributed by atoms with Crippen LogP contribution in [0, 0.1) is 16.7 Å². The van der Waals surface area contributed by atoms with Gasteiger partial charge in [-0.25, -0.2) is 4.79 Å². The van der Waals surface area contributed by atoms with E-state index in [9.17, 15) is 19.2 Å². The minimum atomic E-state index is -1.16. The number of rotatable bonds is 5. The summed E-state index contributed by atoms with van der Waals surface area (Å²) in [6.07, 6.45) is 3.22. The summed E-state index contributed by atoms with van der Waals surface area (Å²) in [5.41, 5.74) is -3.92. The van der Waals surface area contributed by atoms with Crippen LogP contribution in [0.2, 0.25) is 0 Å². The molecule has 8 atom stereocenters. The van der Waals surface area contributed by atoms with Crippen molar-refractivity contribution in [2.75, 3.05) is 19.8 Å². The van der Waals surface area contributed by atoms with Crippen molar-refractivity contribution in [1.82, 2.24) is 0 Å². The molecule has 3 aliphatic heterocycles. The number of carbonyl (C=O) groups is 4. The second-order valence-electron chi connectivity index (χ2n) is 12.5. The van der Waals surface area contributed by atoms with Crippen molar-refractivity contribution in [2.45, 2.75) is 109 Å². The molecule has 10 nitrogen and oxygen atoms in total. The van der Waals surface area contributed by atoms with Crippen LogP contribution in [0.25, 0.3) is 0 Å². The normalized spacial score (nSPS) is 44.7. The van der Waals surface area contributed by atoms with Gasteiger partial charge in [0.2, 0.25) is 0 Å². The van der Waals surface area contributed by atoms with Crippen LogP contribution >= 0.6 is 0 Å². The Morgan fingerprint density at radius 2 is 1.72 bits per heavy atom. The van der Waals surface area contributed by atoms with E-state index in [0.717, 1.165) is 12.8 Å². The average Bonchev–Trinajstić information content (AvgIpc) is 3.56. The molecule has 0 aromatic carbocycles. The maximum atomic E-state index is 13.4. The zero-order chi connectivity index (χ0) is 28.4. The molecule has 216 valence electrons. The van der Waals surface area contributed by atoms with Gasteiger partial charge in [-0.15, -0.1) is 0 Å². The monoisotopic (exact) mass is 548 g/mol. The van der Waals surface area contributed by atoms with Gasteiger partial charge in [0.15, 0.2) is 12.2 Å². The summed E-state index contributed by atoms with van der Waals surface area (Å²) in [6.45, 7) is 10.6. The number of esters is 4. The summed E-state index contributed by atoms with van der Waals surface area (Å²) >= 11 is 0. The Bertz CT molecular complexity index is 1110. The molecular weight excluding hydrogens is 508 g/mol. The molecule has 2 aliphatic carbocycles. The van der Waals surface area contributed by atoms with E-state index in [2.05, 4.69) is 6.92 Å². The predicted octanol–water partition coefficient (Wildman–Crippen LogP) is 3.19. The van der Waals surface area contributed by atoms with Gasteiger partial charge in [-0.2, -0.15) is 0 Å². The number of cyclic esters (lactones) is 1. The second-order valence-corrected chi connectivity index (χ2v) is 12.5. The highest BCUT2D eigenvalue weighted by Gasteiger charge is 2.82. The highest BCUT2D eigenvalue weighted by molar-refractivity contribution is 5.88. The van der Waals surface area contributed by atoms with Crippen molar-refractivity contribution >= 4 is 23.9 Å². The molecule has 3 saturated heterocycles. The maximum absolute atomic E-state index is 13.4. The van der Waals surface area contributed by atoms with Crippen LogP contribution < -0.4 is 0 Å². The van der Waals surface area contributed by atoms with Gasteiger partial charge in [0.1, 0.15) is 30.0 Å². The Morgan fingerprint density at radius 1 is 1.00 bits per heavy atom. The molecule has 0 aromatic heterocycles. The SMILES string of the molecule is CC=C(C)C(=O)OC1C(OC(C)=O)C2(C)OC3(CCC2(C)C2CCCC4(CO4)C12COC(C)=O)COC(=O)C3. The summed E-state index contributed by atoms with van der Waals surface area (Å²) in [6, 6.07) is 0. The third kappa shape index (κ3) is 4.04. The van der Waals surface area contributed by atoms with E-state index in [4.69, 9.17) is 28.4 Å². The van der Waals surface area contributed by atoms with Gasteiger partial charge in [-0.1, -0.05) is 19.4 Å². The fraction of sp³-hybridized carbons (Fsp3) is 0.793. The third-order valence-corrected chi connectivity index (χ3v) is 10.6. The first-order valence-electron chi connectivity index (χ1n) is 13.9. The van der Waals surface area contributed by atoms with Crippen LogP contribution in [-0.2, 0) is 47.6 Å². The summed E-state index contributed by atoms with van der Waals surface area (Å²) in [5.74, 6) is -2.07. The van der Waals surface area contributed by atoms with E-state index in [0.29, 0.717) is 31.4 Å². The van der Waals surface area contributed by atoms with E-state index in [1.54, 1.807) is 19.9 Å². The number of carbonyl (C=O) groups excluding carboxylic acids is 4. The van der Waals surface area contributed by atoms with Gasteiger partial charge in [0.25, 0.3) is 0 Å². The fourth-order valence-corrected chi connectivity index (χ4v) is 8.24. The topological polar surface area (TPSA) is 127 Å².